The molecule has 0 fully saturated rings. The van der Waals surface area contributed by atoms with E-state index in [4.69, 9.17) is 9.47 Å². The maximum atomic E-state index is 11.9. The van der Waals surface area contributed by atoms with Crippen molar-refractivity contribution in [2.45, 2.75) is 20.3 Å². The molecule has 0 aliphatic heterocycles. The summed E-state index contributed by atoms with van der Waals surface area (Å²) in [6.45, 7) is 3.47. The van der Waals surface area contributed by atoms with Gasteiger partial charge in [-0.1, -0.05) is 12.1 Å². The first-order valence-electron chi connectivity index (χ1n) is 6.97. The van der Waals surface area contributed by atoms with Crippen LogP contribution >= 0.6 is 0 Å². The second kappa shape index (κ2) is 9.19. The van der Waals surface area contributed by atoms with Gasteiger partial charge in [0.25, 0.3) is 5.91 Å². The van der Waals surface area contributed by atoms with E-state index in [0.29, 0.717) is 0 Å². The summed E-state index contributed by atoms with van der Waals surface area (Å²) in [6.07, 6.45) is -0.437. The molecule has 8 nitrogen and oxygen atoms in total. The van der Waals surface area contributed by atoms with Crippen LogP contribution in [-0.4, -0.2) is 41.9 Å². The first-order valence-corrected chi connectivity index (χ1v) is 6.97. The minimum absolute atomic E-state index is 0.0180. The number of carbonyl (C=O) groups is 3. The number of aromatic hydroxyl groups is 1. The Bertz CT molecular complexity index is 612. The van der Waals surface area contributed by atoms with Crippen LogP contribution in [0.4, 0.5) is 0 Å². The Morgan fingerprint density at radius 2 is 1.78 bits per heavy atom. The summed E-state index contributed by atoms with van der Waals surface area (Å²) >= 11 is 0. The number of phenolic OH excluding ortho intramolecular Hbond substituents is 1. The second-order valence-corrected chi connectivity index (χ2v) is 4.22. The van der Waals surface area contributed by atoms with Crippen LogP contribution in [0.1, 0.15) is 30.6 Å². The molecule has 124 valence electrons. The third kappa shape index (κ3) is 5.77. The molecule has 8 heteroatoms. The van der Waals surface area contributed by atoms with Crippen molar-refractivity contribution < 1.29 is 29.0 Å². The molecule has 0 spiro atoms. The van der Waals surface area contributed by atoms with Gasteiger partial charge in [0.2, 0.25) is 0 Å². The van der Waals surface area contributed by atoms with Crippen molar-refractivity contribution in [1.29, 1.82) is 0 Å². The number of rotatable bonds is 7. The van der Waals surface area contributed by atoms with E-state index in [2.05, 4.69) is 10.5 Å². The zero-order valence-electron chi connectivity index (χ0n) is 12.9. The van der Waals surface area contributed by atoms with Crippen LogP contribution in [-0.2, 0) is 19.1 Å². The molecular formula is C15H18N2O6. The Morgan fingerprint density at radius 1 is 1.13 bits per heavy atom. The van der Waals surface area contributed by atoms with Crippen LogP contribution in [0.5, 0.6) is 5.75 Å². The summed E-state index contributed by atoms with van der Waals surface area (Å²) in [7, 11) is 0. The molecule has 0 saturated carbocycles. The maximum absolute atomic E-state index is 11.9. The topological polar surface area (TPSA) is 114 Å². The van der Waals surface area contributed by atoms with Gasteiger partial charge >= 0.3 is 11.9 Å². The zero-order valence-corrected chi connectivity index (χ0v) is 12.9. The molecule has 0 atom stereocenters. The van der Waals surface area contributed by atoms with Crippen molar-refractivity contribution in [3.8, 4) is 5.75 Å². The van der Waals surface area contributed by atoms with Gasteiger partial charge in [0.05, 0.1) is 25.2 Å². The number of hydrogen-bond donors (Lipinski definition) is 2. The molecule has 1 aromatic carbocycles. The number of hydrazone groups is 1. The number of nitrogens with one attached hydrogen (secondary N) is 1. The minimum atomic E-state index is -0.835. The molecule has 0 radical (unpaired) electrons. The Kier molecular flexibility index (Phi) is 7.25. The number of benzene rings is 1. The number of esters is 2. The monoisotopic (exact) mass is 322 g/mol. The van der Waals surface area contributed by atoms with Gasteiger partial charge in [-0.3, -0.25) is 9.59 Å². The lowest BCUT2D eigenvalue weighted by Crippen LogP contribution is -2.27. The van der Waals surface area contributed by atoms with Crippen molar-refractivity contribution in [3.63, 3.8) is 0 Å². The molecule has 0 aliphatic rings. The smallest absolute Gasteiger partial charge is 0.355 e. The third-order valence-electron chi connectivity index (χ3n) is 2.57. The number of ether oxygens (including phenoxy) is 2. The molecule has 0 unspecified atom stereocenters. The number of amides is 1. The van der Waals surface area contributed by atoms with E-state index >= 15 is 0 Å². The molecule has 1 aromatic rings. The standard InChI is InChI=1S/C15H18N2O6/c1-3-22-13(19)9-11(15(21)23-4-2)16-17-14(20)10-7-5-6-8-12(10)18/h5-8,18H,3-4,9H2,1-2H3,(H,17,20)/b16-11-. The minimum Gasteiger partial charge on any atom is -0.507 e. The predicted octanol–water partition coefficient (Wildman–Crippen LogP) is 0.994. The first kappa shape index (κ1) is 18.1. The van der Waals surface area contributed by atoms with Gasteiger partial charge in [0, 0.05) is 0 Å². The summed E-state index contributed by atoms with van der Waals surface area (Å²) in [6, 6.07) is 5.84. The van der Waals surface area contributed by atoms with Crippen molar-refractivity contribution in [1.82, 2.24) is 5.43 Å². The number of para-hydroxylation sites is 1. The van der Waals surface area contributed by atoms with E-state index in [9.17, 15) is 19.5 Å². The lowest BCUT2D eigenvalue weighted by molar-refractivity contribution is -0.143. The Morgan fingerprint density at radius 3 is 2.39 bits per heavy atom. The Labute approximate surface area is 133 Å². The SMILES string of the molecule is CCOC(=O)C/C(=N/NC(=O)c1ccccc1O)C(=O)OCC. The Balaban J connectivity index is 2.86. The summed E-state index contributed by atoms with van der Waals surface area (Å²) < 4.78 is 9.50. The lowest BCUT2D eigenvalue weighted by Gasteiger charge is -2.07. The van der Waals surface area contributed by atoms with E-state index < -0.39 is 24.3 Å². The zero-order chi connectivity index (χ0) is 17.2. The quantitative estimate of drug-likeness (QED) is 0.439. The average molecular weight is 322 g/mol. The van der Waals surface area contributed by atoms with Gasteiger partial charge in [-0.15, -0.1) is 0 Å². The van der Waals surface area contributed by atoms with Crippen LogP contribution < -0.4 is 5.43 Å². The molecule has 0 saturated heterocycles. The van der Waals surface area contributed by atoms with E-state index in [1.807, 2.05) is 0 Å². The fraction of sp³-hybridized carbons (Fsp3) is 0.333. The highest BCUT2D eigenvalue weighted by Crippen LogP contribution is 2.14. The van der Waals surface area contributed by atoms with Crippen molar-refractivity contribution >= 4 is 23.6 Å². The average Bonchev–Trinajstić information content (AvgIpc) is 2.52. The molecular weight excluding hydrogens is 304 g/mol. The summed E-state index contributed by atoms with van der Waals surface area (Å²) in [4.78, 5) is 35.1. The number of hydrogen-bond acceptors (Lipinski definition) is 7. The first-order chi connectivity index (χ1) is 11.0. The summed E-state index contributed by atoms with van der Waals surface area (Å²) in [5.74, 6) is -2.47. The molecule has 1 amide bonds. The van der Waals surface area contributed by atoms with Crippen LogP contribution in [0.2, 0.25) is 0 Å². The molecule has 0 bridgehead atoms. The van der Waals surface area contributed by atoms with Gasteiger partial charge in [0.1, 0.15) is 5.75 Å². The number of phenols is 1. The highest BCUT2D eigenvalue weighted by Gasteiger charge is 2.19. The molecule has 0 aliphatic carbocycles. The summed E-state index contributed by atoms with van der Waals surface area (Å²) in [5, 5.41) is 13.2. The van der Waals surface area contributed by atoms with Crippen molar-refractivity contribution in [2.24, 2.45) is 5.10 Å². The summed E-state index contributed by atoms with van der Waals surface area (Å²) in [5.41, 5.74) is 1.79. The Hall–Kier alpha value is -2.90. The fourth-order valence-electron chi connectivity index (χ4n) is 1.56. The largest absolute Gasteiger partial charge is 0.507 e. The van der Waals surface area contributed by atoms with Crippen molar-refractivity contribution in [2.75, 3.05) is 13.2 Å². The normalized spacial score (nSPS) is 10.8. The van der Waals surface area contributed by atoms with Crippen LogP contribution in [0.3, 0.4) is 0 Å². The highest BCUT2D eigenvalue weighted by atomic mass is 16.5. The molecule has 0 aromatic heterocycles. The van der Waals surface area contributed by atoms with Crippen molar-refractivity contribution in [3.05, 3.63) is 29.8 Å². The fourth-order valence-corrected chi connectivity index (χ4v) is 1.56. The second-order valence-electron chi connectivity index (χ2n) is 4.22. The predicted molar refractivity (Wildman–Crippen MR) is 80.9 cm³/mol. The number of carbonyl (C=O) groups excluding carboxylic acids is 3. The molecule has 0 heterocycles. The van der Waals surface area contributed by atoms with Gasteiger partial charge in [-0.05, 0) is 26.0 Å². The van der Waals surface area contributed by atoms with Gasteiger partial charge in [-0.2, -0.15) is 5.10 Å². The molecule has 1 rings (SSSR count). The van der Waals surface area contributed by atoms with Gasteiger partial charge in [0.15, 0.2) is 5.71 Å². The third-order valence-corrected chi connectivity index (χ3v) is 2.57. The van der Waals surface area contributed by atoms with E-state index in [0.717, 1.165) is 0 Å². The molecule has 2 N–H and O–H groups in total. The van der Waals surface area contributed by atoms with Crippen LogP contribution in [0, 0.1) is 0 Å². The molecule has 23 heavy (non-hydrogen) atoms. The lowest BCUT2D eigenvalue weighted by atomic mass is 10.2. The highest BCUT2D eigenvalue weighted by molar-refractivity contribution is 6.39. The maximum Gasteiger partial charge on any atom is 0.355 e. The number of nitrogens with zero attached hydrogens (tertiary/aromatic N) is 1. The van der Waals surface area contributed by atoms with Crippen LogP contribution in [0.15, 0.2) is 29.4 Å². The van der Waals surface area contributed by atoms with E-state index in [-0.39, 0.29) is 30.2 Å². The van der Waals surface area contributed by atoms with E-state index in [1.165, 1.54) is 12.1 Å². The van der Waals surface area contributed by atoms with E-state index in [1.54, 1.807) is 26.0 Å². The van der Waals surface area contributed by atoms with Gasteiger partial charge < -0.3 is 14.6 Å². The van der Waals surface area contributed by atoms with Gasteiger partial charge in [-0.25, -0.2) is 10.2 Å². The van der Waals surface area contributed by atoms with Crippen LogP contribution in [0.25, 0.3) is 0 Å².